The molecule has 0 saturated carbocycles. The van der Waals surface area contributed by atoms with Gasteiger partial charge in [-0.1, -0.05) is 36.9 Å². The molecule has 1 aliphatic heterocycles. The van der Waals surface area contributed by atoms with Crippen molar-refractivity contribution >= 4 is 28.5 Å². The molecule has 0 unspecified atom stereocenters. The summed E-state index contributed by atoms with van der Waals surface area (Å²) in [4.78, 5) is 31.3. The Kier molecular flexibility index (Phi) is 4.69. The molecule has 2 amide bonds. The number of nitrogens with one attached hydrogen (secondary N) is 1. The lowest BCUT2D eigenvalue weighted by Crippen LogP contribution is -2.42. The van der Waals surface area contributed by atoms with Gasteiger partial charge in [-0.05, 0) is 36.3 Å². The van der Waals surface area contributed by atoms with E-state index in [0.29, 0.717) is 18.7 Å². The van der Waals surface area contributed by atoms with Crippen LogP contribution in [0.4, 0.5) is 5.69 Å². The first kappa shape index (κ1) is 18.0. The highest BCUT2D eigenvalue weighted by Crippen LogP contribution is 2.32. The lowest BCUT2D eigenvalue weighted by molar-refractivity contribution is -0.132. The summed E-state index contributed by atoms with van der Waals surface area (Å²) < 4.78 is 1.90. The maximum atomic E-state index is 13.0. The first-order valence-corrected chi connectivity index (χ1v) is 9.26. The van der Waals surface area contributed by atoms with Gasteiger partial charge in [0.15, 0.2) is 0 Å². The van der Waals surface area contributed by atoms with E-state index in [1.54, 1.807) is 11.2 Å². The van der Waals surface area contributed by atoms with Crippen molar-refractivity contribution in [3.63, 3.8) is 0 Å². The summed E-state index contributed by atoms with van der Waals surface area (Å²) in [6.07, 6.45) is 3.60. The molecule has 6 nitrogen and oxygen atoms in total. The van der Waals surface area contributed by atoms with Gasteiger partial charge in [0.25, 0.3) is 0 Å². The molecule has 142 valence electrons. The lowest BCUT2D eigenvalue weighted by Gasteiger charge is -2.22. The predicted octanol–water partition coefficient (Wildman–Crippen LogP) is 3.08. The van der Waals surface area contributed by atoms with E-state index in [1.807, 2.05) is 60.1 Å². The number of aryl methyl sites for hydroxylation is 1. The van der Waals surface area contributed by atoms with Crippen molar-refractivity contribution in [3.05, 3.63) is 73.1 Å². The number of aromatic nitrogens is 2. The summed E-state index contributed by atoms with van der Waals surface area (Å²) in [7, 11) is 1.91. The van der Waals surface area contributed by atoms with E-state index in [2.05, 4.69) is 16.9 Å². The van der Waals surface area contributed by atoms with Gasteiger partial charge in [0.2, 0.25) is 11.8 Å². The second kappa shape index (κ2) is 7.31. The minimum absolute atomic E-state index is 0.125. The van der Waals surface area contributed by atoms with E-state index >= 15 is 0 Å². The Morgan fingerprint density at radius 2 is 2.00 bits per heavy atom. The Balaban J connectivity index is 1.57. The molecule has 0 radical (unpaired) electrons. The summed E-state index contributed by atoms with van der Waals surface area (Å²) in [5.41, 5.74) is 3.63. The van der Waals surface area contributed by atoms with Crippen LogP contribution < -0.4 is 5.32 Å². The molecule has 0 aliphatic carbocycles. The molecule has 0 spiro atoms. The zero-order valence-corrected chi connectivity index (χ0v) is 15.7. The van der Waals surface area contributed by atoms with E-state index in [1.165, 1.54) is 6.08 Å². The quantitative estimate of drug-likeness (QED) is 0.714. The Bertz CT molecular complexity index is 1040. The number of imidazole rings is 1. The van der Waals surface area contributed by atoms with Gasteiger partial charge >= 0.3 is 0 Å². The molecular weight excluding hydrogens is 352 g/mol. The van der Waals surface area contributed by atoms with Gasteiger partial charge < -0.3 is 14.8 Å². The van der Waals surface area contributed by atoms with Crippen molar-refractivity contribution in [2.24, 2.45) is 7.05 Å². The number of amides is 2. The number of benzene rings is 2. The van der Waals surface area contributed by atoms with Crippen LogP contribution in [0, 0.1) is 0 Å². The van der Waals surface area contributed by atoms with Gasteiger partial charge in [-0.2, -0.15) is 0 Å². The first-order valence-electron chi connectivity index (χ1n) is 9.26. The van der Waals surface area contributed by atoms with Crippen LogP contribution in [0.3, 0.4) is 0 Å². The third kappa shape index (κ3) is 3.29. The van der Waals surface area contributed by atoms with Gasteiger partial charge in [-0.15, -0.1) is 0 Å². The molecule has 28 heavy (non-hydrogen) atoms. The third-order valence-electron chi connectivity index (χ3n) is 5.33. The van der Waals surface area contributed by atoms with E-state index in [0.717, 1.165) is 16.6 Å². The minimum Gasteiger partial charge on any atom is -0.334 e. The highest BCUT2D eigenvalue weighted by atomic mass is 16.2. The molecule has 2 atom stereocenters. The van der Waals surface area contributed by atoms with Crippen LogP contribution in [-0.2, 0) is 16.6 Å². The number of likely N-dealkylation sites (tertiary alicyclic amines) is 1. The number of carbonyl (C=O) groups is 2. The summed E-state index contributed by atoms with van der Waals surface area (Å²) >= 11 is 0. The van der Waals surface area contributed by atoms with Gasteiger partial charge in [-0.25, -0.2) is 4.98 Å². The molecule has 1 aliphatic rings. The molecule has 3 aromatic rings. The summed E-state index contributed by atoms with van der Waals surface area (Å²) in [5, 5.41) is 2.97. The number of carbonyl (C=O) groups excluding carboxylic acids is 2. The largest absolute Gasteiger partial charge is 0.334 e. The molecule has 2 aromatic carbocycles. The van der Waals surface area contributed by atoms with Gasteiger partial charge in [0.1, 0.15) is 6.04 Å². The summed E-state index contributed by atoms with van der Waals surface area (Å²) in [6.45, 7) is 4.09. The number of hydrogen-bond donors (Lipinski definition) is 1. The van der Waals surface area contributed by atoms with E-state index in [4.69, 9.17) is 0 Å². The van der Waals surface area contributed by atoms with Crippen molar-refractivity contribution in [1.82, 2.24) is 14.5 Å². The normalized spacial score (nSPS) is 19.0. The van der Waals surface area contributed by atoms with Crippen molar-refractivity contribution in [2.75, 3.05) is 11.9 Å². The van der Waals surface area contributed by atoms with Crippen LogP contribution in [0.5, 0.6) is 0 Å². The van der Waals surface area contributed by atoms with Crippen molar-refractivity contribution in [3.8, 4) is 0 Å². The van der Waals surface area contributed by atoms with Gasteiger partial charge in [0, 0.05) is 25.2 Å². The molecule has 2 heterocycles. The fourth-order valence-electron chi connectivity index (χ4n) is 3.84. The highest BCUT2D eigenvalue weighted by molar-refractivity contribution is 6.00. The summed E-state index contributed by atoms with van der Waals surface area (Å²) in [5.74, 6) is -0.281. The standard InChI is InChI=1S/C22H22N4O2/c1-3-21(27)26-13-16(15-7-5-4-6-8-15)11-20(26)22(28)24-17-9-10-18-19(12-17)25(2)14-23-18/h3-10,12,14,16,20H,1,11,13H2,2H3,(H,24,28)/t16-,20+/m1/s1. The van der Waals surface area contributed by atoms with Crippen molar-refractivity contribution in [1.29, 1.82) is 0 Å². The Morgan fingerprint density at radius 1 is 1.21 bits per heavy atom. The van der Waals surface area contributed by atoms with Gasteiger partial charge in [-0.3, -0.25) is 9.59 Å². The van der Waals surface area contributed by atoms with E-state index in [9.17, 15) is 9.59 Å². The fraction of sp³-hybridized carbons (Fsp3) is 0.227. The zero-order valence-electron chi connectivity index (χ0n) is 15.7. The minimum atomic E-state index is -0.530. The van der Waals surface area contributed by atoms with Crippen LogP contribution in [0.15, 0.2) is 67.5 Å². The van der Waals surface area contributed by atoms with Crippen LogP contribution in [0.25, 0.3) is 11.0 Å². The smallest absolute Gasteiger partial charge is 0.247 e. The van der Waals surface area contributed by atoms with Crippen LogP contribution >= 0.6 is 0 Å². The first-order chi connectivity index (χ1) is 13.6. The topological polar surface area (TPSA) is 67.2 Å². The third-order valence-corrected chi connectivity index (χ3v) is 5.33. The average Bonchev–Trinajstić information content (AvgIpc) is 3.33. The molecule has 1 N–H and O–H groups in total. The van der Waals surface area contributed by atoms with Gasteiger partial charge in [0.05, 0.1) is 17.4 Å². The average molecular weight is 374 g/mol. The second-order valence-electron chi connectivity index (χ2n) is 7.10. The van der Waals surface area contributed by atoms with Crippen LogP contribution in [0.2, 0.25) is 0 Å². The Labute approximate surface area is 163 Å². The Morgan fingerprint density at radius 3 is 2.75 bits per heavy atom. The zero-order chi connectivity index (χ0) is 19.7. The van der Waals surface area contributed by atoms with Crippen LogP contribution in [0.1, 0.15) is 17.9 Å². The molecule has 1 saturated heterocycles. The SMILES string of the molecule is C=CC(=O)N1C[C@H](c2ccccc2)C[C@H]1C(=O)Nc1ccc2ncn(C)c2c1. The van der Waals surface area contributed by atoms with E-state index < -0.39 is 6.04 Å². The number of nitrogens with zero attached hydrogens (tertiary/aromatic N) is 3. The number of fused-ring (bicyclic) bond motifs is 1. The molecule has 6 heteroatoms. The number of anilines is 1. The summed E-state index contributed by atoms with van der Waals surface area (Å²) in [6, 6.07) is 15.1. The predicted molar refractivity (Wildman–Crippen MR) is 109 cm³/mol. The molecular formula is C22H22N4O2. The monoisotopic (exact) mass is 374 g/mol. The molecule has 1 fully saturated rings. The molecule has 1 aromatic heterocycles. The lowest BCUT2D eigenvalue weighted by atomic mass is 9.96. The van der Waals surface area contributed by atoms with Crippen molar-refractivity contribution < 1.29 is 9.59 Å². The maximum Gasteiger partial charge on any atom is 0.247 e. The van der Waals surface area contributed by atoms with Crippen LogP contribution in [-0.4, -0.2) is 38.9 Å². The number of rotatable bonds is 4. The fourth-order valence-corrected chi connectivity index (χ4v) is 3.84. The molecule has 4 rings (SSSR count). The van der Waals surface area contributed by atoms with E-state index in [-0.39, 0.29) is 17.7 Å². The Hall–Kier alpha value is -3.41. The van der Waals surface area contributed by atoms with Crippen molar-refractivity contribution in [2.45, 2.75) is 18.4 Å². The number of hydrogen-bond acceptors (Lipinski definition) is 3. The highest BCUT2D eigenvalue weighted by Gasteiger charge is 2.39. The molecule has 0 bridgehead atoms. The maximum absolute atomic E-state index is 13.0. The second-order valence-corrected chi connectivity index (χ2v) is 7.10.